The summed E-state index contributed by atoms with van der Waals surface area (Å²) >= 11 is 0. The molecule has 22 heavy (non-hydrogen) atoms. The molecule has 6 nitrogen and oxygen atoms in total. The van der Waals surface area contributed by atoms with E-state index in [2.05, 4.69) is 10.6 Å². The molecule has 0 fully saturated rings. The molecule has 0 bridgehead atoms. The first-order valence-electron chi connectivity index (χ1n) is 6.70. The highest BCUT2D eigenvalue weighted by molar-refractivity contribution is 5.85. The molecule has 0 saturated carbocycles. The number of hydrogen-bond acceptors (Lipinski definition) is 4. The van der Waals surface area contributed by atoms with Crippen LogP contribution >= 0.6 is 0 Å². The van der Waals surface area contributed by atoms with Gasteiger partial charge in [-0.05, 0) is 26.2 Å². The van der Waals surface area contributed by atoms with E-state index in [9.17, 15) is 18.4 Å². The first kappa shape index (κ1) is 18.0. The van der Waals surface area contributed by atoms with Gasteiger partial charge in [0, 0.05) is 12.1 Å². The van der Waals surface area contributed by atoms with Crippen LogP contribution in [0, 0.1) is 11.6 Å². The summed E-state index contributed by atoms with van der Waals surface area (Å²) in [5.41, 5.74) is 4.98. The number of nitrogens with one attached hydrogen (secondary N) is 2. The van der Waals surface area contributed by atoms with E-state index < -0.39 is 29.5 Å². The summed E-state index contributed by atoms with van der Waals surface area (Å²) < 4.78 is 27.7. The quantitative estimate of drug-likeness (QED) is 0.648. The molecule has 1 atom stereocenters. The highest BCUT2D eigenvalue weighted by atomic mass is 19.1. The van der Waals surface area contributed by atoms with Gasteiger partial charge in [0.2, 0.25) is 11.8 Å². The van der Waals surface area contributed by atoms with E-state index in [0.717, 1.165) is 12.1 Å². The Morgan fingerprint density at radius 3 is 2.27 bits per heavy atom. The molecule has 1 rings (SSSR count). The van der Waals surface area contributed by atoms with Gasteiger partial charge < -0.3 is 21.3 Å². The Balaban J connectivity index is 2.70. The number of hydrogen-bond donors (Lipinski definition) is 3. The summed E-state index contributed by atoms with van der Waals surface area (Å²) in [5, 5.41) is 4.84. The van der Waals surface area contributed by atoms with Crippen molar-refractivity contribution in [3.05, 3.63) is 35.4 Å². The molecule has 0 saturated heterocycles. The van der Waals surface area contributed by atoms with Crippen LogP contribution in [-0.2, 0) is 9.59 Å². The first-order valence-corrected chi connectivity index (χ1v) is 6.70. The van der Waals surface area contributed by atoms with Crippen molar-refractivity contribution in [3.63, 3.8) is 0 Å². The zero-order valence-electron chi connectivity index (χ0n) is 12.5. The van der Waals surface area contributed by atoms with Crippen LogP contribution in [0.15, 0.2) is 18.2 Å². The summed E-state index contributed by atoms with van der Waals surface area (Å²) in [4.78, 5) is 24.2. The zero-order valence-corrected chi connectivity index (χ0v) is 12.5. The maximum Gasteiger partial charge on any atom is 0.239 e. The van der Waals surface area contributed by atoms with Crippen molar-refractivity contribution in [2.45, 2.75) is 6.04 Å². The number of halogens is 2. The first-order chi connectivity index (χ1) is 10.4. The van der Waals surface area contributed by atoms with Crippen molar-refractivity contribution in [1.29, 1.82) is 0 Å². The molecular weight excluding hydrogens is 294 g/mol. The van der Waals surface area contributed by atoms with E-state index >= 15 is 0 Å². The van der Waals surface area contributed by atoms with Gasteiger partial charge in [-0.25, -0.2) is 8.78 Å². The van der Waals surface area contributed by atoms with Crippen molar-refractivity contribution in [2.75, 3.05) is 33.7 Å². The van der Waals surface area contributed by atoms with E-state index in [1.807, 2.05) is 0 Å². The van der Waals surface area contributed by atoms with E-state index in [1.165, 1.54) is 6.07 Å². The maximum atomic E-state index is 13.8. The van der Waals surface area contributed by atoms with Crippen molar-refractivity contribution in [2.24, 2.45) is 5.73 Å². The van der Waals surface area contributed by atoms with Crippen molar-refractivity contribution >= 4 is 11.8 Å². The smallest absolute Gasteiger partial charge is 0.239 e. The van der Waals surface area contributed by atoms with Gasteiger partial charge in [0.15, 0.2) is 0 Å². The Hall–Kier alpha value is -2.06. The molecule has 1 aromatic rings. The monoisotopic (exact) mass is 314 g/mol. The van der Waals surface area contributed by atoms with Crippen LogP contribution in [0.4, 0.5) is 8.78 Å². The van der Waals surface area contributed by atoms with Crippen LogP contribution in [0.3, 0.4) is 0 Å². The normalized spacial score (nSPS) is 12.1. The second-order valence-corrected chi connectivity index (χ2v) is 4.90. The Morgan fingerprint density at radius 2 is 1.77 bits per heavy atom. The molecular formula is C14H20F2N4O2. The molecule has 0 aliphatic heterocycles. The summed E-state index contributed by atoms with van der Waals surface area (Å²) in [6.07, 6.45) is 0. The number of rotatable bonds is 7. The molecule has 0 aliphatic carbocycles. The SMILES string of the molecule is CN(C)C(CNC(=O)CNC(=O)CN)c1c(F)cccc1F. The number of nitrogens with two attached hydrogens (primary N) is 1. The molecule has 2 amide bonds. The number of carbonyl (C=O) groups excluding carboxylic acids is 2. The number of likely N-dealkylation sites (N-methyl/N-ethyl adjacent to an activating group) is 1. The summed E-state index contributed by atoms with van der Waals surface area (Å²) in [6, 6.07) is 2.94. The lowest BCUT2D eigenvalue weighted by Crippen LogP contribution is -2.42. The third-order valence-corrected chi connectivity index (χ3v) is 3.08. The molecule has 1 aromatic carbocycles. The molecule has 122 valence electrons. The standard InChI is InChI=1S/C14H20F2N4O2/c1-20(2)11(14-9(15)4-3-5-10(14)16)7-18-13(22)8-19-12(21)6-17/h3-5,11H,6-8,17H2,1-2H3,(H,18,22)(H,19,21). The Kier molecular flexibility index (Phi) is 6.87. The zero-order chi connectivity index (χ0) is 16.7. The summed E-state index contributed by atoms with van der Waals surface area (Å²) in [6.45, 7) is -0.452. The van der Waals surface area contributed by atoms with Gasteiger partial charge in [-0.3, -0.25) is 9.59 Å². The maximum absolute atomic E-state index is 13.8. The molecule has 0 spiro atoms. The Bertz CT molecular complexity index is 517. The third-order valence-electron chi connectivity index (χ3n) is 3.08. The minimum Gasteiger partial charge on any atom is -0.353 e. The van der Waals surface area contributed by atoms with Crippen LogP contribution in [-0.4, -0.2) is 50.4 Å². The summed E-state index contributed by atoms with van der Waals surface area (Å²) in [5.74, 6) is -2.28. The van der Waals surface area contributed by atoms with Crippen molar-refractivity contribution in [3.8, 4) is 0 Å². The van der Waals surface area contributed by atoms with Crippen LogP contribution in [0.1, 0.15) is 11.6 Å². The topological polar surface area (TPSA) is 87.5 Å². The van der Waals surface area contributed by atoms with Crippen LogP contribution in [0.5, 0.6) is 0 Å². The fourth-order valence-corrected chi connectivity index (χ4v) is 1.90. The number of nitrogens with zero attached hydrogens (tertiary/aromatic N) is 1. The minimum atomic E-state index is -0.676. The predicted molar refractivity (Wildman–Crippen MR) is 77.9 cm³/mol. The number of carbonyl (C=O) groups is 2. The van der Waals surface area contributed by atoms with Gasteiger partial charge in [-0.15, -0.1) is 0 Å². The lowest BCUT2D eigenvalue weighted by molar-refractivity contribution is -0.125. The highest BCUT2D eigenvalue weighted by Crippen LogP contribution is 2.23. The number of amides is 2. The molecule has 8 heteroatoms. The molecule has 4 N–H and O–H groups in total. The molecule has 0 aromatic heterocycles. The lowest BCUT2D eigenvalue weighted by atomic mass is 10.0. The fraction of sp³-hybridized carbons (Fsp3) is 0.429. The third kappa shape index (κ3) is 5.05. The molecule has 1 unspecified atom stereocenters. The highest BCUT2D eigenvalue weighted by Gasteiger charge is 2.22. The van der Waals surface area contributed by atoms with E-state index in [4.69, 9.17) is 5.73 Å². The lowest BCUT2D eigenvalue weighted by Gasteiger charge is -2.25. The van der Waals surface area contributed by atoms with Crippen LogP contribution < -0.4 is 16.4 Å². The Labute approximate surface area is 127 Å². The molecule has 0 aliphatic rings. The second-order valence-electron chi connectivity index (χ2n) is 4.90. The van der Waals surface area contributed by atoms with E-state index in [-0.39, 0.29) is 25.2 Å². The second kappa shape index (κ2) is 8.40. The van der Waals surface area contributed by atoms with Gasteiger partial charge in [-0.1, -0.05) is 6.07 Å². The van der Waals surface area contributed by atoms with Gasteiger partial charge in [0.05, 0.1) is 19.1 Å². The average molecular weight is 314 g/mol. The largest absolute Gasteiger partial charge is 0.353 e. The van der Waals surface area contributed by atoms with Crippen molar-refractivity contribution in [1.82, 2.24) is 15.5 Å². The molecule has 0 radical (unpaired) electrons. The van der Waals surface area contributed by atoms with Gasteiger partial charge in [0.1, 0.15) is 11.6 Å². The van der Waals surface area contributed by atoms with Crippen molar-refractivity contribution < 1.29 is 18.4 Å². The van der Waals surface area contributed by atoms with Gasteiger partial charge >= 0.3 is 0 Å². The van der Waals surface area contributed by atoms with Gasteiger partial charge in [0.25, 0.3) is 0 Å². The van der Waals surface area contributed by atoms with E-state index in [0.29, 0.717) is 0 Å². The average Bonchev–Trinajstić information content (AvgIpc) is 2.47. The fourth-order valence-electron chi connectivity index (χ4n) is 1.90. The van der Waals surface area contributed by atoms with Crippen LogP contribution in [0.2, 0.25) is 0 Å². The predicted octanol–water partition coefficient (Wildman–Crippen LogP) is -0.241. The van der Waals surface area contributed by atoms with Crippen LogP contribution in [0.25, 0.3) is 0 Å². The minimum absolute atomic E-state index is 0.00216. The van der Waals surface area contributed by atoms with Gasteiger partial charge in [-0.2, -0.15) is 0 Å². The number of benzene rings is 1. The molecule has 0 heterocycles. The Morgan fingerprint density at radius 1 is 1.18 bits per heavy atom. The van der Waals surface area contributed by atoms with E-state index in [1.54, 1.807) is 19.0 Å². The summed E-state index contributed by atoms with van der Waals surface area (Å²) in [7, 11) is 3.30.